The zero-order valence-corrected chi connectivity index (χ0v) is 11.0. The number of aromatic nitrogens is 2. The van der Waals surface area contributed by atoms with Gasteiger partial charge in [-0.1, -0.05) is 31.0 Å². The molecule has 1 aromatic heterocycles. The van der Waals surface area contributed by atoms with Crippen LogP contribution in [-0.4, -0.2) is 31.1 Å². The van der Waals surface area contributed by atoms with Crippen molar-refractivity contribution in [2.45, 2.75) is 49.5 Å². The van der Waals surface area contributed by atoms with Gasteiger partial charge in [-0.15, -0.1) is 0 Å². The molecule has 1 heterocycles. The Balaban J connectivity index is 1.94. The van der Waals surface area contributed by atoms with Crippen LogP contribution >= 0.6 is 11.8 Å². The maximum Gasteiger partial charge on any atom is 0.168 e. The summed E-state index contributed by atoms with van der Waals surface area (Å²) in [6.07, 6.45) is 6.98. The normalized spacial score (nSPS) is 19.5. The standard InChI is InChI=1S/C12H20N2O2S/c1-14-10(8-15)7-13-11(14)17-9-12(16)5-3-2-4-6-12/h7,15-16H,2-6,8-9H2,1H3. The minimum absolute atomic E-state index is 0.00826. The van der Waals surface area contributed by atoms with E-state index in [2.05, 4.69) is 4.98 Å². The highest BCUT2D eigenvalue weighted by molar-refractivity contribution is 7.99. The Morgan fingerprint density at radius 3 is 2.71 bits per heavy atom. The predicted molar refractivity (Wildman–Crippen MR) is 67.9 cm³/mol. The van der Waals surface area contributed by atoms with E-state index < -0.39 is 5.60 Å². The minimum atomic E-state index is -0.520. The topological polar surface area (TPSA) is 58.3 Å². The molecule has 0 aromatic carbocycles. The van der Waals surface area contributed by atoms with E-state index in [1.807, 2.05) is 11.6 Å². The van der Waals surface area contributed by atoms with Crippen molar-refractivity contribution in [1.82, 2.24) is 9.55 Å². The molecule has 0 radical (unpaired) electrons. The van der Waals surface area contributed by atoms with Crippen molar-refractivity contribution >= 4 is 11.8 Å². The summed E-state index contributed by atoms with van der Waals surface area (Å²) >= 11 is 1.58. The number of rotatable bonds is 4. The molecule has 0 atom stereocenters. The second-order valence-electron chi connectivity index (χ2n) is 4.82. The van der Waals surface area contributed by atoms with Gasteiger partial charge >= 0.3 is 0 Å². The summed E-state index contributed by atoms with van der Waals surface area (Å²) in [7, 11) is 1.89. The molecule has 0 saturated heterocycles. The molecular formula is C12H20N2O2S. The molecule has 1 fully saturated rings. The van der Waals surface area contributed by atoms with Crippen LogP contribution in [0.2, 0.25) is 0 Å². The first-order chi connectivity index (χ1) is 8.14. The Labute approximate surface area is 106 Å². The summed E-state index contributed by atoms with van der Waals surface area (Å²) in [5.41, 5.74) is 0.289. The molecule has 1 aliphatic rings. The number of imidazole rings is 1. The van der Waals surface area contributed by atoms with Gasteiger partial charge < -0.3 is 14.8 Å². The molecule has 1 aromatic rings. The largest absolute Gasteiger partial charge is 0.390 e. The lowest BCUT2D eigenvalue weighted by Crippen LogP contribution is -2.34. The van der Waals surface area contributed by atoms with Gasteiger partial charge in [0.2, 0.25) is 0 Å². The third-order valence-electron chi connectivity index (χ3n) is 3.46. The molecule has 1 saturated carbocycles. The monoisotopic (exact) mass is 256 g/mol. The van der Waals surface area contributed by atoms with Crippen LogP contribution < -0.4 is 0 Å². The summed E-state index contributed by atoms with van der Waals surface area (Å²) in [5.74, 6) is 0.697. The third kappa shape index (κ3) is 3.03. The number of aliphatic hydroxyl groups is 2. The van der Waals surface area contributed by atoms with Crippen molar-refractivity contribution in [3.05, 3.63) is 11.9 Å². The van der Waals surface area contributed by atoms with Crippen LogP contribution in [0.3, 0.4) is 0 Å². The highest BCUT2D eigenvalue weighted by atomic mass is 32.2. The molecule has 4 nitrogen and oxygen atoms in total. The number of hydrogen-bond acceptors (Lipinski definition) is 4. The second-order valence-corrected chi connectivity index (χ2v) is 5.77. The first-order valence-electron chi connectivity index (χ1n) is 6.11. The molecule has 5 heteroatoms. The lowest BCUT2D eigenvalue weighted by molar-refractivity contribution is 0.0272. The van der Waals surface area contributed by atoms with E-state index in [0.29, 0.717) is 5.75 Å². The van der Waals surface area contributed by atoms with Gasteiger partial charge in [-0.25, -0.2) is 4.98 Å². The van der Waals surface area contributed by atoms with E-state index >= 15 is 0 Å². The zero-order chi connectivity index (χ0) is 12.3. The maximum absolute atomic E-state index is 10.4. The van der Waals surface area contributed by atoms with Crippen LogP contribution in [0.1, 0.15) is 37.8 Å². The molecule has 2 rings (SSSR count). The molecule has 0 bridgehead atoms. The van der Waals surface area contributed by atoms with Crippen LogP contribution in [0.25, 0.3) is 0 Å². The van der Waals surface area contributed by atoms with Crippen LogP contribution in [0.15, 0.2) is 11.4 Å². The third-order valence-corrected chi connectivity index (χ3v) is 4.78. The lowest BCUT2D eigenvalue weighted by Gasteiger charge is -2.31. The summed E-state index contributed by atoms with van der Waals surface area (Å²) in [4.78, 5) is 4.26. The first-order valence-corrected chi connectivity index (χ1v) is 7.10. The molecule has 0 aliphatic heterocycles. The highest BCUT2D eigenvalue weighted by Gasteiger charge is 2.29. The van der Waals surface area contributed by atoms with E-state index in [1.165, 1.54) is 6.42 Å². The maximum atomic E-state index is 10.4. The van der Waals surface area contributed by atoms with Gasteiger partial charge in [0.1, 0.15) is 0 Å². The van der Waals surface area contributed by atoms with E-state index in [0.717, 1.165) is 36.5 Å². The first kappa shape index (κ1) is 12.9. The van der Waals surface area contributed by atoms with Crippen molar-refractivity contribution < 1.29 is 10.2 Å². The van der Waals surface area contributed by atoms with Gasteiger partial charge in [0.15, 0.2) is 5.16 Å². The molecule has 0 amide bonds. The Hall–Kier alpha value is -0.520. The fraction of sp³-hybridized carbons (Fsp3) is 0.750. The van der Waals surface area contributed by atoms with Crippen molar-refractivity contribution in [2.24, 2.45) is 7.05 Å². The van der Waals surface area contributed by atoms with E-state index in [9.17, 15) is 5.11 Å². The molecular weight excluding hydrogens is 236 g/mol. The summed E-state index contributed by atoms with van der Waals surface area (Å²) in [5, 5.41) is 20.3. The van der Waals surface area contributed by atoms with Crippen LogP contribution in [-0.2, 0) is 13.7 Å². The predicted octanol–water partition coefficient (Wildman–Crippen LogP) is 1.70. The average molecular weight is 256 g/mol. The van der Waals surface area contributed by atoms with Crippen molar-refractivity contribution in [3.63, 3.8) is 0 Å². The minimum Gasteiger partial charge on any atom is -0.390 e. The number of thioether (sulfide) groups is 1. The second kappa shape index (κ2) is 5.42. The van der Waals surface area contributed by atoms with Gasteiger partial charge in [0.05, 0.1) is 24.1 Å². The van der Waals surface area contributed by atoms with E-state index in [-0.39, 0.29) is 6.61 Å². The van der Waals surface area contributed by atoms with Gasteiger partial charge in [-0.3, -0.25) is 0 Å². The van der Waals surface area contributed by atoms with Crippen molar-refractivity contribution in [2.75, 3.05) is 5.75 Å². The number of nitrogens with zero attached hydrogens (tertiary/aromatic N) is 2. The average Bonchev–Trinajstić information content (AvgIpc) is 2.69. The van der Waals surface area contributed by atoms with Crippen LogP contribution in [0, 0.1) is 0 Å². The molecule has 2 N–H and O–H groups in total. The Kier molecular flexibility index (Phi) is 4.12. The Morgan fingerprint density at radius 2 is 2.12 bits per heavy atom. The fourth-order valence-corrected chi connectivity index (χ4v) is 3.38. The summed E-state index contributed by atoms with van der Waals surface area (Å²) in [6.45, 7) is 0.00826. The summed E-state index contributed by atoms with van der Waals surface area (Å²) in [6, 6.07) is 0. The number of hydrogen-bond donors (Lipinski definition) is 2. The van der Waals surface area contributed by atoms with Crippen molar-refractivity contribution in [3.8, 4) is 0 Å². The highest BCUT2D eigenvalue weighted by Crippen LogP contribution is 2.33. The molecule has 0 unspecified atom stereocenters. The molecule has 96 valence electrons. The quantitative estimate of drug-likeness (QED) is 0.805. The Morgan fingerprint density at radius 1 is 1.41 bits per heavy atom. The smallest absolute Gasteiger partial charge is 0.168 e. The molecule has 0 spiro atoms. The van der Waals surface area contributed by atoms with Gasteiger partial charge in [-0.05, 0) is 12.8 Å². The van der Waals surface area contributed by atoms with E-state index in [4.69, 9.17) is 5.11 Å². The van der Waals surface area contributed by atoms with Gasteiger partial charge in [-0.2, -0.15) is 0 Å². The number of aliphatic hydroxyl groups excluding tert-OH is 1. The van der Waals surface area contributed by atoms with Gasteiger partial charge in [0, 0.05) is 12.8 Å². The Bertz CT molecular complexity index is 373. The van der Waals surface area contributed by atoms with Gasteiger partial charge in [0.25, 0.3) is 0 Å². The summed E-state index contributed by atoms with van der Waals surface area (Å²) < 4.78 is 1.89. The van der Waals surface area contributed by atoms with Crippen LogP contribution in [0.4, 0.5) is 0 Å². The SMILES string of the molecule is Cn1c(CO)cnc1SCC1(O)CCCCC1. The molecule has 1 aliphatic carbocycles. The lowest BCUT2D eigenvalue weighted by atomic mass is 9.86. The van der Waals surface area contributed by atoms with E-state index in [1.54, 1.807) is 18.0 Å². The zero-order valence-electron chi connectivity index (χ0n) is 10.2. The van der Waals surface area contributed by atoms with Crippen LogP contribution in [0.5, 0.6) is 0 Å². The molecule has 17 heavy (non-hydrogen) atoms. The fourth-order valence-electron chi connectivity index (χ4n) is 2.26. The van der Waals surface area contributed by atoms with Crippen molar-refractivity contribution in [1.29, 1.82) is 0 Å².